The van der Waals surface area contributed by atoms with Gasteiger partial charge < -0.3 is 10.6 Å². The van der Waals surface area contributed by atoms with Gasteiger partial charge in [-0.1, -0.05) is 13.8 Å². The van der Waals surface area contributed by atoms with E-state index in [1.807, 2.05) is 38.4 Å². The zero-order valence-corrected chi connectivity index (χ0v) is 11.6. The Hall–Kier alpha value is -1.42. The van der Waals surface area contributed by atoms with Crippen LogP contribution in [0.15, 0.2) is 24.5 Å². The van der Waals surface area contributed by atoms with Crippen molar-refractivity contribution in [2.75, 3.05) is 13.6 Å². The maximum absolute atomic E-state index is 7.52. The maximum Gasteiger partial charge on any atom is 0.0963 e. The minimum Gasteiger partial charge on any atom is -0.387 e. The second kappa shape index (κ2) is 6.50. The number of nitrogens with zero attached hydrogens (tertiary/aromatic N) is 2. The predicted octanol–water partition coefficient (Wildman–Crippen LogP) is 2.26. The lowest BCUT2D eigenvalue weighted by Crippen LogP contribution is -2.31. The van der Waals surface area contributed by atoms with Crippen LogP contribution in [0, 0.1) is 10.8 Å². The first kappa shape index (κ1) is 14.6. The van der Waals surface area contributed by atoms with Crippen LogP contribution < -0.4 is 5.73 Å². The van der Waals surface area contributed by atoms with Gasteiger partial charge in [-0.05, 0) is 44.1 Å². The molecule has 0 radical (unpaired) electrons. The van der Waals surface area contributed by atoms with E-state index in [9.17, 15) is 0 Å². The average molecular weight is 248 g/mol. The van der Waals surface area contributed by atoms with Crippen LogP contribution in [0.3, 0.4) is 0 Å². The number of pyridine rings is 1. The third-order valence-corrected chi connectivity index (χ3v) is 3.27. The number of amidine groups is 1. The van der Waals surface area contributed by atoms with Crippen LogP contribution in [-0.2, 0) is 6.54 Å². The van der Waals surface area contributed by atoms with Gasteiger partial charge in [-0.2, -0.15) is 0 Å². The molecule has 0 bridgehead atoms. The number of aromatic nitrogens is 1. The molecule has 1 aromatic rings. The largest absolute Gasteiger partial charge is 0.387 e. The van der Waals surface area contributed by atoms with Crippen molar-refractivity contribution in [2.24, 2.45) is 11.1 Å². The van der Waals surface area contributed by atoms with E-state index in [4.69, 9.17) is 11.1 Å². The van der Waals surface area contributed by atoms with Gasteiger partial charge >= 0.3 is 0 Å². The zero-order chi connectivity index (χ0) is 13.6. The van der Waals surface area contributed by atoms with Gasteiger partial charge in [0, 0.05) is 24.4 Å². The molecule has 100 valence electrons. The summed E-state index contributed by atoms with van der Waals surface area (Å²) in [6.45, 7) is 6.00. The molecule has 4 heteroatoms. The van der Waals surface area contributed by atoms with Gasteiger partial charge in [0.1, 0.15) is 0 Å². The normalized spacial score (nSPS) is 11.8. The number of hydrogen-bond donors (Lipinski definition) is 2. The van der Waals surface area contributed by atoms with E-state index >= 15 is 0 Å². The van der Waals surface area contributed by atoms with E-state index in [0.717, 1.165) is 25.9 Å². The van der Waals surface area contributed by atoms with E-state index in [0.29, 0.717) is 0 Å². The first-order chi connectivity index (χ1) is 8.42. The summed E-state index contributed by atoms with van der Waals surface area (Å²) in [7, 11) is 2.11. The topological polar surface area (TPSA) is 66.0 Å². The van der Waals surface area contributed by atoms with E-state index in [1.54, 1.807) is 0 Å². The molecule has 1 heterocycles. The summed E-state index contributed by atoms with van der Waals surface area (Å²) in [6, 6.07) is 4.08. The molecular formula is C14H24N4. The molecule has 0 spiro atoms. The summed E-state index contributed by atoms with van der Waals surface area (Å²) in [4.78, 5) is 6.29. The highest BCUT2D eigenvalue weighted by Gasteiger charge is 2.20. The van der Waals surface area contributed by atoms with Crippen LogP contribution in [0.1, 0.15) is 32.3 Å². The third kappa shape index (κ3) is 4.84. The quantitative estimate of drug-likeness (QED) is 0.574. The van der Waals surface area contributed by atoms with Crippen LogP contribution in [0.4, 0.5) is 0 Å². The van der Waals surface area contributed by atoms with Crippen molar-refractivity contribution >= 4 is 5.84 Å². The van der Waals surface area contributed by atoms with Crippen molar-refractivity contribution in [3.8, 4) is 0 Å². The average Bonchev–Trinajstić information content (AvgIpc) is 2.29. The molecule has 0 aliphatic heterocycles. The Bertz CT molecular complexity index is 373. The maximum atomic E-state index is 7.52. The Balaban J connectivity index is 2.30. The Morgan fingerprint density at radius 2 is 2.00 bits per heavy atom. The number of hydrogen-bond acceptors (Lipinski definition) is 3. The fourth-order valence-corrected chi connectivity index (χ4v) is 1.80. The zero-order valence-electron chi connectivity index (χ0n) is 11.6. The fourth-order valence-electron chi connectivity index (χ4n) is 1.80. The number of nitrogens with two attached hydrogens (primary N) is 1. The molecule has 0 atom stereocenters. The van der Waals surface area contributed by atoms with Crippen molar-refractivity contribution < 1.29 is 0 Å². The van der Waals surface area contributed by atoms with E-state index in [-0.39, 0.29) is 11.3 Å². The second-order valence-electron chi connectivity index (χ2n) is 5.49. The van der Waals surface area contributed by atoms with Gasteiger partial charge in [0.2, 0.25) is 0 Å². The molecule has 1 aromatic heterocycles. The first-order valence-corrected chi connectivity index (χ1v) is 6.34. The Kier molecular flexibility index (Phi) is 5.28. The lowest BCUT2D eigenvalue weighted by molar-refractivity contribution is 0.300. The van der Waals surface area contributed by atoms with E-state index < -0.39 is 0 Å². The number of rotatable bonds is 7. The highest BCUT2D eigenvalue weighted by molar-refractivity contribution is 5.82. The summed E-state index contributed by atoms with van der Waals surface area (Å²) in [5, 5.41) is 7.52. The molecule has 3 N–H and O–H groups in total. The third-order valence-electron chi connectivity index (χ3n) is 3.27. The van der Waals surface area contributed by atoms with Crippen molar-refractivity contribution in [3.63, 3.8) is 0 Å². The molecule has 0 saturated carbocycles. The lowest BCUT2D eigenvalue weighted by Gasteiger charge is -2.24. The Labute approximate surface area is 110 Å². The van der Waals surface area contributed by atoms with Gasteiger partial charge in [-0.15, -0.1) is 0 Å². The predicted molar refractivity (Wildman–Crippen MR) is 75.5 cm³/mol. The van der Waals surface area contributed by atoms with Crippen LogP contribution in [0.25, 0.3) is 0 Å². The van der Waals surface area contributed by atoms with E-state index in [2.05, 4.69) is 16.9 Å². The van der Waals surface area contributed by atoms with Gasteiger partial charge in [0.05, 0.1) is 5.84 Å². The highest BCUT2D eigenvalue weighted by atomic mass is 15.1. The standard InChI is InChI=1S/C14H24N4/c1-14(2,13(15)16)7-4-10-18(3)11-12-5-8-17-9-6-12/h5-6,8-9H,4,7,10-11H2,1-3H3,(H3,15,16). The van der Waals surface area contributed by atoms with E-state index in [1.165, 1.54) is 5.56 Å². The van der Waals surface area contributed by atoms with Crippen molar-refractivity contribution in [2.45, 2.75) is 33.2 Å². The van der Waals surface area contributed by atoms with Gasteiger partial charge in [0.15, 0.2) is 0 Å². The van der Waals surface area contributed by atoms with Gasteiger partial charge in [-0.25, -0.2) is 0 Å². The van der Waals surface area contributed by atoms with Gasteiger partial charge in [0.25, 0.3) is 0 Å². The van der Waals surface area contributed by atoms with Crippen LogP contribution >= 0.6 is 0 Å². The van der Waals surface area contributed by atoms with Crippen LogP contribution in [0.2, 0.25) is 0 Å². The van der Waals surface area contributed by atoms with Crippen molar-refractivity contribution in [3.05, 3.63) is 30.1 Å². The highest BCUT2D eigenvalue weighted by Crippen LogP contribution is 2.21. The fraction of sp³-hybridized carbons (Fsp3) is 0.571. The Morgan fingerprint density at radius 3 is 2.56 bits per heavy atom. The SMILES string of the molecule is CN(CCCC(C)(C)C(=N)N)Cc1ccncc1. The minimum atomic E-state index is -0.183. The summed E-state index contributed by atoms with van der Waals surface area (Å²) in [5.74, 6) is 0.277. The Morgan fingerprint density at radius 1 is 1.39 bits per heavy atom. The summed E-state index contributed by atoms with van der Waals surface area (Å²) < 4.78 is 0. The summed E-state index contributed by atoms with van der Waals surface area (Å²) >= 11 is 0. The minimum absolute atomic E-state index is 0.183. The molecule has 0 aliphatic rings. The lowest BCUT2D eigenvalue weighted by atomic mass is 9.86. The molecule has 0 aliphatic carbocycles. The molecule has 0 fully saturated rings. The summed E-state index contributed by atoms with van der Waals surface area (Å²) in [6.07, 6.45) is 5.64. The smallest absolute Gasteiger partial charge is 0.0963 e. The monoisotopic (exact) mass is 248 g/mol. The molecular weight excluding hydrogens is 224 g/mol. The second-order valence-corrected chi connectivity index (χ2v) is 5.49. The molecule has 18 heavy (non-hydrogen) atoms. The molecule has 1 rings (SSSR count). The first-order valence-electron chi connectivity index (χ1n) is 6.34. The molecule has 4 nitrogen and oxygen atoms in total. The number of nitrogens with one attached hydrogen (secondary N) is 1. The van der Waals surface area contributed by atoms with Crippen LogP contribution in [-0.4, -0.2) is 29.3 Å². The van der Waals surface area contributed by atoms with Gasteiger partial charge in [-0.3, -0.25) is 10.4 Å². The van der Waals surface area contributed by atoms with Crippen molar-refractivity contribution in [1.82, 2.24) is 9.88 Å². The molecule has 0 aromatic carbocycles. The molecule has 0 saturated heterocycles. The molecule has 0 unspecified atom stereocenters. The molecule has 0 amide bonds. The van der Waals surface area contributed by atoms with Crippen molar-refractivity contribution in [1.29, 1.82) is 5.41 Å². The van der Waals surface area contributed by atoms with Crippen LogP contribution in [0.5, 0.6) is 0 Å². The summed E-state index contributed by atoms with van der Waals surface area (Å²) in [5.41, 5.74) is 6.67.